The third kappa shape index (κ3) is 7.21. The second-order valence-corrected chi connectivity index (χ2v) is 8.47. The van der Waals surface area contributed by atoms with Crippen LogP contribution in [0, 0.1) is 6.92 Å². The number of carboxylic acid groups (broad SMARTS) is 1. The first-order valence-corrected chi connectivity index (χ1v) is 12.4. The number of nitrogens with zero attached hydrogens (tertiary/aromatic N) is 1. The van der Waals surface area contributed by atoms with Crippen LogP contribution in [-0.2, 0) is 17.6 Å². The van der Waals surface area contributed by atoms with Gasteiger partial charge in [0.05, 0.1) is 12.3 Å². The van der Waals surface area contributed by atoms with Crippen molar-refractivity contribution in [1.82, 2.24) is 4.98 Å². The molecule has 0 aliphatic heterocycles. The van der Waals surface area contributed by atoms with E-state index in [9.17, 15) is 9.90 Å². The summed E-state index contributed by atoms with van der Waals surface area (Å²) in [6, 6.07) is 24.3. The van der Waals surface area contributed by atoms with E-state index in [4.69, 9.17) is 18.6 Å². The van der Waals surface area contributed by atoms with Crippen molar-refractivity contribution in [3.05, 3.63) is 101 Å². The van der Waals surface area contributed by atoms with Crippen molar-refractivity contribution in [2.75, 3.05) is 13.2 Å². The van der Waals surface area contributed by atoms with Gasteiger partial charge in [0.1, 0.15) is 22.8 Å². The summed E-state index contributed by atoms with van der Waals surface area (Å²) in [5, 5.41) is 9.39. The normalized spacial score (nSPS) is 11.7. The van der Waals surface area contributed by atoms with E-state index >= 15 is 0 Å². The number of carbonyl (C=O) groups is 1. The Morgan fingerprint density at radius 1 is 0.973 bits per heavy atom. The van der Waals surface area contributed by atoms with Gasteiger partial charge < -0.3 is 23.7 Å². The van der Waals surface area contributed by atoms with Gasteiger partial charge in [-0.3, -0.25) is 0 Å². The van der Waals surface area contributed by atoms with Crippen LogP contribution in [0.3, 0.4) is 0 Å². The van der Waals surface area contributed by atoms with E-state index in [1.807, 2.05) is 68.4 Å². The molecule has 0 amide bonds. The molecule has 1 aromatic heterocycles. The number of benzene rings is 3. The first-order valence-electron chi connectivity index (χ1n) is 12.4. The lowest BCUT2D eigenvalue weighted by molar-refractivity contribution is -0.0796. The van der Waals surface area contributed by atoms with Crippen LogP contribution in [0.15, 0.2) is 83.3 Å². The molecule has 1 N–H and O–H groups in total. The van der Waals surface area contributed by atoms with E-state index in [-0.39, 0.29) is 5.56 Å². The minimum atomic E-state index is -1.03. The fraction of sp³-hybridized carbons (Fsp3) is 0.267. The van der Waals surface area contributed by atoms with Gasteiger partial charge >= 0.3 is 5.97 Å². The zero-order valence-corrected chi connectivity index (χ0v) is 21.1. The molecule has 0 spiro atoms. The van der Waals surface area contributed by atoms with Crippen molar-refractivity contribution < 1.29 is 28.5 Å². The number of aromatic carboxylic acids is 1. The number of hydrogen-bond donors (Lipinski definition) is 1. The standard InChI is InChI=1S/C30H31NO6/c1-3-34-28(37-27-12-8-7-11-25(27)30(32)33)18-15-22-13-16-24(17-14-22)35-20-19-26-21(2)36-29(31-26)23-9-5-4-6-10-23/h4-14,16-17,28H,3,15,18-20H2,1-2H3,(H,32,33). The monoisotopic (exact) mass is 501 g/mol. The lowest BCUT2D eigenvalue weighted by Gasteiger charge is -2.20. The SMILES string of the molecule is CCOC(CCc1ccc(OCCc2nc(-c3ccccc3)oc2C)cc1)Oc1ccccc1C(=O)O. The highest BCUT2D eigenvalue weighted by Gasteiger charge is 2.16. The molecule has 1 unspecified atom stereocenters. The van der Waals surface area contributed by atoms with E-state index in [2.05, 4.69) is 4.98 Å². The van der Waals surface area contributed by atoms with Crippen LogP contribution < -0.4 is 9.47 Å². The highest BCUT2D eigenvalue weighted by molar-refractivity contribution is 5.90. The van der Waals surface area contributed by atoms with Crippen molar-refractivity contribution in [3.8, 4) is 23.0 Å². The topological polar surface area (TPSA) is 91.0 Å². The number of para-hydroxylation sites is 1. The maximum Gasteiger partial charge on any atom is 0.339 e. The zero-order chi connectivity index (χ0) is 26.0. The van der Waals surface area contributed by atoms with Crippen molar-refractivity contribution in [1.29, 1.82) is 0 Å². The molecule has 0 fully saturated rings. The van der Waals surface area contributed by atoms with E-state index in [0.717, 1.165) is 28.3 Å². The summed E-state index contributed by atoms with van der Waals surface area (Å²) in [6.45, 7) is 4.76. The molecule has 192 valence electrons. The molecule has 0 bridgehead atoms. The fourth-order valence-electron chi connectivity index (χ4n) is 3.92. The summed E-state index contributed by atoms with van der Waals surface area (Å²) in [4.78, 5) is 16.1. The molecule has 0 radical (unpaired) electrons. The van der Waals surface area contributed by atoms with Crippen molar-refractivity contribution in [2.24, 2.45) is 0 Å². The molecule has 7 nitrogen and oxygen atoms in total. The average molecular weight is 502 g/mol. The van der Waals surface area contributed by atoms with E-state index in [1.54, 1.807) is 18.2 Å². The number of rotatable bonds is 13. The van der Waals surface area contributed by atoms with Gasteiger partial charge in [-0.2, -0.15) is 0 Å². The first-order chi connectivity index (χ1) is 18.0. The molecular weight excluding hydrogens is 470 g/mol. The molecule has 4 rings (SSSR count). The van der Waals surface area contributed by atoms with Gasteiger partial charge in [-0.15, -0.1) is 0 Å². The summed E-state index contributed by atoms with van der Waals surface area (Å²) in [6.07, 6.45) is 1.39. The summed E-state index contributed by atoms with van der Waals surface area (Å²) >= 11 is 0. The molecule has 7 heteroatoms. The summed E-state index contributed by atoms with van der Waals surface area (Å²) in [5.41, 5.74) is 3.07. The molecule has 0 saturated heterocycles. The van der Waals surface area contributed by atoms with Gasteiger partial charge in [0.15, 0.2) is 6.29 Å². The quantitative estimate of drug-likeness (QED) is 0.214. The third-order valence-corrected chi connectivity index (χ3v) is 5.84. The highest BCUT2D eigenvalue weighted by atomic mass is 16.7. The smallest absolute Gasteiger partial charge is 0.339 e. The van der Waals surface area contributed by atoms with E-state index in [0.29, 0.717) is 44.1 Å². The number of aromatic nitrogens is 1. The number of carboxylic acids is 1. The van der Waals surface area contributed by atoms with Crippen LogP contribution in [0.5, 0.6) is 11.5 Å². The van der Waals surface area contributed by atoms with Crippen molar-refractivity contribution >= 4 is 5.97 Å². The summed E-state index contributed by atoms with van der Waals surface area (Å²) in [7, 11) is 0. The average Bonchev–Trinajstić information content (AvgIpc) is 3.29. The molecule has 1 atom stereocenters. The Labute approximate surface area is 216 Å². The van der Waals surface area contributed by atoms with Gasteiger partial charge in [0.25, 0.3) is 0 Å². The predicted octanol–water partition coefficient (Wildman–Crippen LogP) is 6.34. The molecule has 37 heavy (non-hydrogen) atoms. The Balaban J connectivity index is 1.27. The predicted molar refractivity (Wildman–Crippen MR) is 140 cm³/mol. The largest absolute Gasteiger partial charge is 0.493 e. The number of ether oxygens (including phenoxy) is 3. The van der Waals surface area contributed by atoms with Crippen LogP contribution in [0.4, 0.5) is 0 Å². The van der Waals surface area contributed by atoms with Gasteiger partial charge in [0, 0.05) is 25.0 Å². The van der Waals surface area contributed by atoms with Gasteiger partial charge in [0.2, 0.25) is 5.89 Å². The van der Waals surface area contributed by atoms with E-state index in [1.165, 1.54) is 6.07 Å². The van der Waals surface area contributed by atoms with Crippen LogP contribution >= 0.6 is 0 Å². The Kier molecular flexibility index (Phi) is 8.94. The Morgan fingerprint density at radius 3 is 2.43 bits per heavy atom. The zero-order valence-electron chi connectivity index (χ0n) is 21.1. The van der Waals surface area contributed by atoms with Crippen LogP contribution in [0.2, 0.25) is 0 Å². The molecule has 3 aromatic carbocycles. The van der Waals surface area contributed by atoms with Crippen LogP contribution in [0.25, 0.3) is 11.5 Å². The van der Waals surface area contributed by atoms with Gasteiger partial charge in [-0.1, -0.05) is 42.5 Å². The van der Waals surface area contributed by atoms with Crippen LogP contribution in [-0.4, -0.2) is 35.6 Å². The lowest BCUT2D eigenvalue weighted by Crippen LogP contribution is -2.22. The van der Waals surface area contributed by atoms with Crippen molar-refractivity contribution in [3.63, 3.8) is 0 Å². The van der Waals surface area contributed by atoms with Crippen LogP contribution in [0.1, 0.15) is 40.7 Å². The molecular formula is C30H31NO6. The molecule has 4 aromatic rings. The lowest BCUT2D eigenvalue weighted by atomic mass is 10.1. The Bertz CT molecular complexity index is 1280. The molecule has 0 saturated carbocycles. The summed E-state index contributed by atoms with van der Waals surface area (Å²) < 4.78 is 23.3. The molecule has 0 aliphatic rings. The first kappa shape index (κ1) is 26.0. The van der Waals surface area contributed by atoms with Gasteiger partial charge in [-0.25, -0.2) is 9.78 Å². The minimum Gasteiger partial charge on any atom is -0.493 e. The second kappa shape index (κ2) is 12.7. The Morgan fingerprint density at radius 2 is 1.70 bits per heavy atom. The minimum absolute atomic E-state index is 0.116. The molecule has 1 heterocycles. The third-order valence-electron chi connectivity index (χ3n) is 5.84. The molecule has 0 aliphatic carbocycles. The van der Waals surface area contributed by atoms with Crippen molar-refractivity contribution in [2.45, 2.75) is 39.4 Å². The number of oxazole rings is 1. The number of aryl methyl sites for hydroxylation is 2. The highest BCUT2D eigenvalue weighted by Crippen LogP contribution is 2.23. The second-order valence-electron chi connectivity index (χ2n) is 8.47. The fourth-order valence-corrected chi connectivity index (χ4v) is 3.92. The van der Waals surface area contributed by atoms with E-state index < -0.39 is 12.3 Å². The number of hydrogen-bond acceptors (Lipinski definition) is 6. The van der Waals surface area contributed by atoms with Gasteiger partial charge in [-0.05, 0) is 62.2 Å². The maximum atomic E-state index is 11.5. The maximum absolute atomic E-state index is 11.5. The Hall–Kier alpha value is -4.10. The summed E-state index contributed by atoms with van der Waals surface area (Å²) in [5.74, 6) is 1.47.